The van der Waals surface area contributed by atoms with Gasteiger partial charge in [-0.3, -0.25) is 0 Å². The number of halogens is 1. The van der Waals surface area contributed by atoms with Crippen molar-refractivity contribution in [2.24, 2.45) is 0 Å². The van der Waals surface area contributed by atoms with Crippen molar-refractivity contribution in [3.63, 3.8) is 0 Å². The second kappa shape index (κ2) is 4.72. The van der Waals surface area contributed by atoms with Crippen molar-refractivity contribution in [3.05, 3.63) is 10.1 Å². The summed E-state index contributed by atoms with van der Waals surface area (Å²) in [6.07, 6.45) is 3.71. The molecule has 0 spiro atoms. The highest BCUT2D eigenvalue weighted by atomic mass is 79.9. The molecule has 0 saturated carbocycles. The van der Waals surface area contributed by atoms with Gasteiger partial charge in [0.05, 0.1) is 6.61 Å². The molecule has 1 rings (SSSR count). The lowest BCUT2D eigenvalue weighted by Crippen LogP contribution is -2.41. The quantitative estimate of drug-likeness (QED) is 0.676. The molecule has 0 amide bonds. The molecule has 0 aromatic carbocycles. The monoisotopic (exact) mass is 290 g/mol. The lowest BCUT2D eigenvalue weighted by Gasteiger charge is -2.36. The highest BCUT2D eigenvalue weighted by molar-refractivity contribution is 9.11. The van der Waals surface area contributed by atoms with Crippen LogP contribution in [0.3, 0.4) is 0 Å². The third kappa shape index (κ3) is 3.43. The molecular formula is C12H23BrOSi. The maximum atomic E-state index is 6.20. The van der Waals surface area contributed by atoms with Crippen LogP contribution >= 0.6 is 15.9 Å². The molecule has 15 heavy (non-hydrogen) atoms. The van der Waals surface area contributed by atoms with E-state index in [1.807, 2.05) is 0 Å². The first-order valence-electron chi connectivity index (χ1n) is 5.74. The van der Waals surface area contributed by atoms with Crippen LogP contribution in [-0.4, -0.2) is 14.9 Å². The third-order valence-electron chi connectivity index (χ3n) is 3.67. The van der Waals surface area contributed by atoms with Crippen molar-refractivity contribution in [2.75, 3.05) is 6.61 Å². The lowest BCUT2D eigenvalue weighted by atomic mass is 10.2. The highest BCUT2D eigenvalue weighted by Crippen LogP contribution is 2.38. The minimum Gasteiger partial charge on any atom is -0.413 e. The molecule has 1 aliphatic carbocycles. The van der Waals surface area contributed by atoms with E-state index in [1.54, 1.807) is 0 Å². The minimum atomic E-state index is -1.56. The number of hydrogen-bond donors (Lipinski definition) is 0. The van der Waals surface area contributed by atoms with E-state index < -0.39 is 8.32 Å². The van der Waals surface area contributed by atoms with Crippen molar-refractivity contribution in [1.82, 2.24) is 0 Å². The van der Waals surface area contributed by atoms with E-state index in [2.05, 4.69) is 49.8 Å². The highest BCUT2D eigenvalue weighted by Gasteiger charge is 2.37. The SMILES string of the molecule is CC(C)(C)[Si](C)(C)OCC1=C(Br)CCC1. The Kier molecular flexibility index (Phi) is 4.24. The summed E-state index contributed by atoms with van der Waals surface area (Å²) in [4.78, 5) is 0. The normalized spacial score (nSPS) is 18.8. The van der Waals surface area contributed by atoms with Crippen LogP contribution in [0, 0.1) is 0 Å². The summed E-state index contributed by atoms with van der Waals surface area (Å²) in [6.45, 7) is 12.3. The average molecular weight is 291 g/mol. The van der Waals surface area contributed by atoms with Crippen LogP contribution in [0.25, 0.3) is 0 Å². The predicted molar refractivity (Wildman–Crippen MR) is 73.0 cm³/mol. The molecule has 0 N–H and O–H groups in total. The Morgan fingerprint density at radius 2 is 1.87 bits per heavy atom. The molecule has 0 atom stereocenters. The third-order valence-corrected chi connectivity index (χ3v) is 9.11. The van der Waals surface area contributed by atoms with E-state index in [0.717, 1.165) is 6.61 Å². The van der Waals surface area contributed by atoms with Crippen molar-refractivity contribution < 1.29 is 4.43 Å². The van der Waals surface area contributed by atoms with E-state index in [4.69, 9.17) is 4.43 Å². The summed E-state index contributed by atoms with van der Waals surface area (Å²) in [5.41, 5.74) is 1.49. The molecule has 0 unspecified atom stereocenters. The summed E-state index contributed by atoms with van der Waals surface area (Å²) in [7, 11) is -1.56. The van der Waals surface area contributed by atoms with Gasteiger partial charge in [0, 0.05) is 0 Å². The van der Waals surface area contributed by atoms with Crippen LogP contribution in [-0.2, 0) is 4.43 Å². The second-order valence-electron chi connectivity index (χ2n) is 5.91. The summed E-state index contributed by atoms with van der Waals surface area (Å²) in [5.74, 6) is 0. The zero-order valence-electron chi connectivity index (χ0n) is 10.6. The molecule has 0 saturated heterocycles. The second-order valence-corrected chi connectivity index (χ2v) is 11.7. The maximum Gasteiger partial charge on any atom is 0.192 e. The first-order chi connectivity index (χ1) is 6.74. The van der Waals surface area contributed by atoms with Crippen molar-refractivity contribution in [2.45, 2.75) is 58.2 Å². The van der Waals surface area contributed by atoms with Gasteiger partial charge in [-0.15, -0.1) is 0 Å². The fourth-order valence-electron chi connectivity index (χ4n) is 1.40. The number of allylic oxidation sites excluding steroid dienone is 1. The smallest absolute Gasteiger partial charge is 0.192 e. The first-order valence-corrected chi connectivity index (χ1v) is 9.44. The van der Waals surface area contributed by atoms with Crippen LogP contribution < -0.4 is 0 Å². The molecule has 0 aliphatic heterocycles. The molecule has 88 valence electrons. The van der Waals surface area contributed by atoms with Gasteiger partial charge in [-0.1, -0.05) is 36.7 Å². The Hall–Kier alpha value is 0.397. The molecule has 1 aliphatic rings. The van der Waals surface area contributed by atoms with E-state index in [9.17, 15) is 0 Å². The van der Waals surface area contributed by atoms with Gasteiger partial charge >= 0.3 is 0 Å². The molecule has 0 heterocycles. The van der Waals surface area contributed by atoms with E-state index in [-0.39, 0.29) is 0 Å². The van der Waals surface area contributed by atoms with E-state index in [0.29, 0.717) is 5.04 Å². The Bertz CT molecular complexity index is 263. The fraction of sp³-hybridized carbons (Fsp3) is 0.833. The molecule has 3 heteroatoms. The van der Waals surface area contributed by atoms with Gasteiger partial charge in [0.1, 0.15) is 0 Å². The van der Waals surface area contributed by atoms with Crippen molar-refractivity contribution in [1.29, 1.82) is 0 Å². The summed E-state index contributed by atoms with van der Waals surface area (Å²) in [6, 6.07) is 0. The Morgan fingerprint density at radius 1 is 1.27 bits per heavy atom. The summed E-state index contributed by atoms with van der Waals surface area (Å²) < 4.78 is 7.59. The Balaban J connectivity index is 2.53. The zero-order chi connectivity index (χ0) is 11.7. The summed E-state index contributed by atoms with van der Waals surface area (Å²) in [5, 5.41) is 0.318. The lowest BCUT2D eigenvalue weighted by molar-refractivity contribution is 0.316. The Morgan fingerprint density at radius 3 is 2.27 bits per heavy atom. The predicted octanol–water partition coefficient (Wildman–Crippen LogP) is 4.84. The van der Waals surface area contributed by atoms with Crippen molar-refractivity contribution >= 4 is 24.2 Å². The van der Waals surface area contributed by atoms with E-state index in [1.165, 1.54) is 29.3 Å². The molecule has 0 radical (unpaired) electrons. The standard InChI is InChI=1S/C12H23BrOSi/c1-12(2,3)15(4,5)14-9-10-7-6-8-11(10)13/h6-9H2,1-5H3. The molecule has 0 aromatic heterocycles. The van der Waals surface area contributed by atoms with Crippen LogP contribution in [0.1, 0.15) is 40.0 Å². The van der Waals surface area contributed by atoms with Crippen molar-refractivity contribution in [3.8, 4) is 0 Å². The van der Waals surface area contributed by atoms with Gasteiger partial charge in [0.25, 0.3) is 0 Å². The van der Waals surface area contributed by atoms with Gasteiger partial charge in [0.15, 0.2) is 8.32 Å². The van der Waals surface area contributed by atoms with E-state index >= 15 is 0 Å². The molecule has 0 fully saturated rings. The van der Waals surface area contributed by atoms with Gasteiger partial charge in [-0.05, 0) is 47.5 Å². The van der Waals surface area contributed by atoms with Crippen LogP contribution in [0.2, 0.25) is 18.1 Å². The molecule has 1 nitrogen and oxygen atoms in total. The first kappa shape index (κ1) is 13.5. The maximum absolute atomic E-state index is 6.20. The van der Waals surface area contributed by atoms with Gasteiger partial charge < -0.3 is 4.43 Å². The fourth-order valence-corrected chi connectivity index (χ4v) is 2.97. The summed E-state index contributed by atoms with van der Waals surface area (Å²) >= 11 is 3.64. The van der Waals surface area contributed by atoms with Gasteiger partial charge in [-0.25, -0.2) is 0 Å². The Labute approximate surface area is 104 Å². The molecule has 0 aromatic rings. The van der Waals surface area contributed by atoms with Gasteiger partial charge in [0.2, 0.25) is 0 Å². The van der Waals surface area contributed by atoms with Gasteiger partial charge in [-0.2, -0.15) is 0 Å². The average Bonchev–Trinajstić information content (AvgIpc) is 2.46. The zero-order valence-corrected chi connectivity index (χ0v) is 13.2. The minimum absolute atomic E-state index is 0.318. The van der Waals surface area contributed by atoms with Crippen LogP contribution in [0.4, 0.5) is 0 Å². The number of rotatable bonds is 3. The van der Waals surface area contributed by atoms with Crippen LogP contribution in [0.15, 0.2) is 10.1 Å². The number of hydrogen-bond acceptors (Lipinski definition) is 1. The molecular weight excluding hydrogens is 268 g/mol. The topological polar surface area (TPSA) is 9.23 Å². The molecule has 0 bridgehead atoms. The largest absolute Gasteiger partial charge is 0.413 e. The van der Waals surface area contributed by atoms with Crippen LogP contribution in [0.5, 0.6) is 0 Å².